The Bertz CT molecular complexity index is 964. The highest BCUT2D eigenvalue weighted by molar-refractivity contribution is 6.32. The van der Waals surface area contributed by atoms with Gasteiger partial charge in [-0.15, -0.1) is 0 Å². The van der Waals surface area contributed by atoms with Crippen molar-refractivity contribution in [1.82, 2.24) is 14.9 Å². The molecular formula is C21H22ClF3N4O2. The van der Waals surface area contributed by atoms with Crippen molar-refractivity contribution in [3.8, 4) is 0 Å². The number of aliphatic hydroxyl groups is 1. The van der Waals surface area contributed by atoms with Gasteiger partial charge < -0.3 is 10.0 Å². The number of anilines is 1. The van der Waals surface area contributed by atoms with Crippen LogP contribution in [0.25, 0.3) is 5.57 Å². The molecule has 1 unspecified atom stereocenters. The molecule has 0 aliphatic carbocycles. The van der Waals surface area contributed by atoms with Crippen molar-refractivity contribution in [1.29, 1.82) is 0 Å². The molecule has 2 amide bonds. The van der Waals surface area contributed by atoms with Gasteiger partial charge in [0.1, 0.15) is 5.82 Å². The number of aliphatic hydroxyl groups excluding tert-OH is 1. The zero-order valence-electron chi connectivity index (χ0n) is 16.8. The monoisotopic (exact) mass is 454 g/mol. The Hall–Kier alpha value is -2.65. The van der Waals surface area contributed by atoms with E-state index in [2.05, 4.69) is 15.3 Å². The van der Waals surface area contributed by atoms with Gasteiger partial charge in [0.25, 0.3) is 0 Å². The number of rotatable bonds is 5. The molecule has 1 aliphatic rings. The topological polar surface area (TPSA) is 78.4 Å². The van der Waals surface area contributed by atoms with Crippen LogP contribution in [-0.4, -0.2) is 45.7 Å². The Morgan fingerprint density at radius 2 is 2.10 bits per heavy atom. The van der Waals surface area contributed by atoms with Crippen molar-refractivity contribution in [3.63, 3.8) is 0 Å². The van der Waals surface area contributed by atoms with Gasteiger partial charge in [0.05, 0.1) is 16.3 Å². The van der Waals surface area contributed by atoms with Crippen molar-refractivity contribution in [3.05, 3.63) is 58.5 Å². The van der Waals surface area contributed by atoms with Gasteiger partial charge in [-0.2, -0.15) is 13.2 Å². The summed E-state index contributed by atoms with van der Waals surface area (Å²) < 4.78 is 37.8. The molecule has 3 rings (SSSR count). The number of nitrogens with zero attached hydrogens (tertiary/aromatic N) is 3. The Labute approximate surface area is 182 Å². The van der Waals surface area contributed by atoms with Crippen LogP contribution in [0.4, 0.5) is 23.8 Å². The summed E-state index contributed by atoms with van der Waals surface area (Å²) >= 11 is 6.41. The molecule has 3 heterocycles. The van der Waals surface area contributed by atoms with E-state index in [9.17, 15) is 18.0 Å². The van der Waals surface area contributed by atoms with Crippen LogP contribution in [-0.2, 0) is 6.18 Å². The van der Waals surface area contributed by atoms with Crippen molar-refractivity contribution in [2.75, 3.05) is 25.0 Å². The van der Waals surface area contributed by atoms with E-state index in [1.807, 2.05) is 19.1 Å². The molecule has 0 aromatic carbocycles. The van der Waals surface area contributed by atoms with Crippen LogP contribution in [0, 0.1) is 0 Å². The standard InChI is InChI=1S/C21H22ClF3N4O2/c1-13(6-9-30)15-10-17(22)19(27-11-15)14-4-7-29(8-5-14)20(31)28-18-3-2-16(12-26-18)21(23,24)25/h2-4,10-13,30H,5-9H2,1H3,(H,26,28,31). The first-order valence-corrected chi connectivity index (χ1v) is 10.1. The molecule has 31 heavy (non-hydrogen) atoms. The first kappa shape index (κ1) is 23.0. The predicted octanol–water partition coefficient (Wildman–Crippen LogP) is 4.96. The normalized spacial score (nSPS) is 15.4. The average molecular weight is 455 g/mol. The zero-order chi connectivity index (χ0) is 22.6. The second-order valence-electron chi connectivity index (χ2n) is 7.30. The molecule has 166 valence electrons. The largest absolute Gasteiger partial charge is 0.417 e. The molecular weight excluding hydrogens is 433 g/mol. The minimum Gasteiger partial charge on any atom is -0.396 e. The van der Waals surface area contributed by atoms with Crippen molar-refractivity contribution < 1.29 is 23.1 Å². The van der Waals surface area contributed by atoms with Gasteiger partial charge in [0.2, 0.25) is 0 Å². The number of nitrogens with one attached hydrogen (secondary N) is 1. The molecule has 0 spiro atoms. The predicted molar refractivity (Wildman–Crippen MR) is 112 cm³/mol. The minimum atomic E-state index is -4.48. The summed E-state index contributed by atoms with van der Waals surface area (Å²) in [4.78, 5) is 22.0. The molecule has 0 saturated carbocycles. The number of alkyl halides is 3. The number of hydrogen-bond acceptors (Lipinski definition) is 4. The van der Waals surface area contributed by atoms with Crippen LogP contribution in [0.15, 0.2) is 36.7 Å². The van der Waals surface area contributed by atoms with Gasteiger partial charge in [0.15, 0.2) is 0 Å². The third-order valence-corrected chi connectivity index (χ3v) is 5.41. The Morgan fingerprint density at radius 3 is 2.65 bits per heavy atom. The first-order chi connectivity index (χ1) is 14.7. The van der Waals surface area contributed by atoms with E-state index in [4.69, 9.17) is 16.7 Å². The molecule has 6 nitrogen and oxygen atoms in total. The third-order valence-electron chi connectivity index (χ3n) is 5.12. The fourth-order valence-corrected chi connectivity index (χ4v) is 3.51. The average Bonchev–Trinajstić information content (AvgIpc) is 2.73. The lowest BCUT2D eigenvalue weighted by molar-refractivity contribution is -0.137. The molecule has 1 atom stereocenters. The second-order valence-corrected chi connectivity index (χ2v) is 7.71. The highest BCUT2D eigenvalue weighted by Crippen LogP contribution is 2.31. The van der Waals surface area contributed by atoms with Crippen LogP contribution in [0.2, 0.25) is 5.02 Å². The SMILES string of the molecule is CC(CCO)c1cnc(C2=CCN(C(=O)Nc3ccc(C(F)(F)F)cn3)CC2)c(Cl)c1. The lowest BCUT2D eigenvalue weighted by Gasteiger charge is -2.26. The van der Waals surface area contributed by atoms with Gasteiger partial charge in [-0.05, 0) is 48.1 Å². The highest BCUT2D eigenvalue weighted by atomic mass is 35.5. The smallest absolute Gasteiger partial charge is 0.396 e. The van der Waals surface area contributed by atoms with Gasteiger partial charge >= 0.3 is 12.2 Å². The molecule has 2 aromatic heterocycles. The van der Waals surface area contributed by atoms with Crippen LogP contribution in [0.1, 0.15) is 42.5 Å². The van der Waals surface area contributed by atoms with Crippen molar-refractivity contribution >= 4 is 29.0 Å². The van der Waals surface area contributed by atoms with Crippen molar-refractivity contribution in [2.24, 2.45) is 0 Å². The summed E-state index contributed by atoms with van der Waals surface area (Å²) in [5.74, 6) is 0.187. The second kappa shape index (κ2) is 9.65. The fraction of sp³-hybridized carbons (Fsp3) is 0.381. The quantitative estimate of drug-likeness (QED) is 0.669. The van der Waals surface area contributed by atoms with Gasteiger partial charge in [-0.3, -0.25) is 10.3 Å². The summed E-state index contributed by atoms with van der Waals surface area (Å²) in [6.07, 6.45) is 0.965. The first-order valence-electron chi connectivity index (χ1n) is 9.74. The summed E-state index contributed by atoms with van der Waals surface area (Å²) in [6.45, 7) is 2.79. The van der Waals surface area contributed by atoms with Gasteiger partial charge in [-0.25, -0.2) is 9.78 Å². The number of halogens is 4. The van der Waals surface area contributed by atoms with E-state index in [-0.39, 0.29) is 18.3 Å². The number of amides is 2. The lowest BCUT2D eigenvalue weighted by atomic mass is 9.98. The summed E-state index contributed by atoms with van der Waals surface area (Å²) in [5, 5.41) is 12.1. The Balaban J connectivity index is 1.62. The van der Waals surface area contributed by atoms with E-state index in [1.165, 1.54) is 4.90 Å². The number of carbonyl (C=O) groups excluding carboxylic acids is 1. The summed E-state index contributed by atoms with van der Waals surface area (Å²) in [7, 11) is 0. The fourth-order valence-electron chi connectivity index (χ4n) is 3.21. The van der Waals surface area contributed by atoms with Crippen LogP contribution in [0.5, 0.6) is 0 Å². The van der Waals surface area contributed by atoms with E-state index in [1.54, 1.807) is 6.20 Å². The maximum atomic E-state index is 12.6. The zero-order valence-corrected chi connectivity index (χ0v) is 17.5. The number of urea groups is 1. The highest BCUT2D eigenvalue weighted by Gasteiger charge is 2.30. The van der Waals surface area contributed by atoms with Crippen LogP contribution in [0.3, 0.4) is 0 Å². The van der Waals surface area contributed by atoms with E-state index in [0.717, 1.165) is 23.3 Å². The summed E-state index contributed by atoms with van der Waals surface area (Å²) in [5.41, 5.74) is 1.65. The lowest BCUT2D eigenvalue weighted by Crippen LogP contribution is -2.38. The van der Waals surface area contributed by atoms with E-state index >= 15 is 0 Å². The number of hydrogen-bond donors (Lipinski definition) is 2. The minimum absolute atomic E-state index is 0.0464. The molecule has 2 aromatic rings. The summed E-state index contributed by atoms with van der Waals surface area (Å²) in [6, 6.07) is 3.39. The maximum absolute atomic E-state index is 12.6. The third kappa shape index (κ3) is 5.74. The van der Waals surface area contributed by atoms with Crippen LogP contribution >= 0.6 is 11.6 Å². The molecule has 1 aliphatic heterocycles. The van der Waals surface area contributed by atoms with E-state index < -0.39 is 17.8 Å². The van der Waals surface area contributed by atoms with E-state index in [0.29, 0.717) is 42.8 Å². The molecule has 0 radical (unpaired) electrons. The maximum Gasteiger partial charge on any atom is 0.417 e. The van der Waals surface area contributed by atoms with Crippen LogP contribution < -0.4 is 5.32 Å². The van der Waals surface area contributed by atoms with Crippen molar-refractivity contribution in [2.45, 2.75) is 31.9 Å². The molecule has 0 bridgehead atoms. The number of aromatic nitrogens is 2. The van der Waals surface area contributed by atoms with Gasteiger partial charge in [0, 0.05) is 32.1 Å². The van der Waals surface area contributed by atoms with Gasteiger partial charge in [-0.1, -0.05) is 24.6 Å². The molecule has 2 N–H and O–H groups in total. The number of pyridine rings is 2. The molecule has 0 saturated heterocycles. The Kier molecular flexibility index (Phi) is 7.17. The molecule has 10 heteroatoms. The number of carbonyl (C=O) groups is 1. The molecule has 0 fully saturated rings. The Morgan fingerprint density at radius 1 is 1.32 bits per heavy atom.